The van der Waals surface area contributed by atoms with E-state index < -0.39 is 5.41 Å². The number of carbonyl (C=O) groups is 1. The maximum absolute atomic E-state index is 13.2. The van der Waals surface area contributed by atoms with E-state index in [-0.39, 0.29) is 17.8 Å². The van der Waals surface area contributed by atoms with Crippen molar-refractivity contribution < 1.29 is 13.9 Å². The maximum atomic E-state index is 13.2. The Kier molecular flexibility index (Phi) is 4.05. The van der Waals surface area contributed by atoms with Crippen molar-refractivity contribution in [2.45, 2.75) is 43.6 Å². The predicted molar refractivity (Wildman–Crippen MR) is 88.4 cm³/mol. The fraction of sp³-hybridized carbons (Fsp3) is 0.471. The van der Waals surface area contributed by atoms with Crippen molar-refractivity contribution >= 4 is 22.4 Å². The van der Waals surface area contributed by atoms with E-state index in [4.69, 9.17) is 4.74 Å². The summed E-state index contributed by atoms with van der Waals surface area (Å²) in [5.74, 6) is -0.380. The van der Waals surface area contributed by atoms with Gasteiger partial charge in [-0.05, 0) is 43.4 Å². The van der Waals surface area contributed by atoms with E-state index in [9.17, 15) is 9.18 Å². The molecule has 0 bridgehead atoms. The van der Waals surface area contributed by atoms with Gasteiger partial charge in [-0.3, -0.25) is 10.1 Å². The molecule has 1 saturated heterocycles. The molecule has 126 valence electrons. The fourth-order valence-electron chi connectivity index (χ4n) is 3.35. The molecule has 4 rings (SSSR count). The zero-order chi connectivity index (χ0) is 16.6. The molecule has 2 fully saturated rings. The van der Waals surface area contributed by atoms with Crippen LogP contribution in [-0.2, 0) is 14.9 Å². The highest BCUT2D eigenvalue weighted by Gasteiger charge is 2.46. The monoisotopic (exact) mass is 347 g/mol. The van der Waals surface area contributed by atoms with Crippen LogP contribution >= 0.6 is 11.3 Å². The van der Waals surface area contributed by atoms with Crippen LogP contribution in [0.4, 0.5) is 9.52 Å². The Morgan fingerprint density at radius 2 is 2.04 bits per heavy atom. The van der Waals surface area contributed by atoms with E-state index in [2.05, 4.69) is 15.5 Å². The van der Waals surface area contributed by atoms with E-state index in [1.54, 1.807) is 12.1 Å². The number of nitrogens with zero attached hydrogens (tertiary/aromatic N) is 2. The zero-order valence-corrected chi connectivity index (χ0v) is 13.9. The van der Waals surface area contributed by atoms with Crippen LogP contribution in [0.3, 0.4) is 0 Å². The van der Waals surface area contributed by atoms with Crippen molar-refractivity contribution in [3.05, 3.63) is 40.7 Å². The molecular weight excluding hydrogens is 329 g/mol. The number of halogens is 1. The van der Waals surface area contributed by atoms with Crippen LogP contribution in [0.1, 0.15) is 48.8 Å². The molecule has 1 aromatic heterocycles. The number of benzene rings is 1. The maximum Gasteiger partial charge on any atom is 0.236 e. The Morgan fingerprint density at radius 3 is 2.67 bits per heavy atom. The molecule has 2 aromatic rings. The topological polar surface area (TPSA) is 64.1 Å². The summed E-state index contributed by atoms with van der Waals surface area (Å²) >= 11 is 1.37. The Labute approximate surface area is 143 Å². The third-order valence-corrected chi connectivity index (χ3v) is 5.84. The Balaban J connectivity index is 1.51. The molecule has 0 radical (unpaired) electrons. The summed E-state index contributed by atoms with van der Waals surface area (Å²) in [6.07, 6.45) is 4.50. The Morgan fingerprint density at radius 1 is 1.25 bits per heavy atom. The number of carbonyl (C=O) groups excluding carboxylic acids is 1. The SMILES string of the molecule is O=C(Nc1nnc(C2CCCO2)s1)C1(c2ccc(F)cc2)CCC1. The van der Waals surface area contributed by atoms with E-state index in [0.29, 0.717) is 5.13 Å². The number of hydrogen-bond donors (Lipinski definition) is 1. The minimum atomic E-state index is -0.580. The van der Waals surface area contributed by atoms with E-state index in [1.165, 1.54) is 23.5 Å². The van der Waals surface area contributed by atoms with Crippen molar-refractivity contribution in [2.75, 3.05) is 11.9 Å². The lowest BCUT2D eigenvalue weighted by Gasteiger charge is -2.40. The fourth-order valence-corrected chi connectivity index (χ4v) is 4.17. The van der Waals surface area contributed by atoms with Crippen molar-refractivity contribution in [1.82, 2.24) is 10.2 Å². The number of ether oxygens (including phenoxy) is 1. The molecule has 24 heavy (non-hydrogen) atoms. The van der Waals surface area contributed by atoms with Gasteiger partial charge < -0.3 is 4.74 Å². The number of nitrogens with one attached hydrogen (secondary N) is 1. The van der Waals surface area contributed by atoms with Crippen molar-refractivity contribution in [3.8, 4) is 0 Å². The molecule has 2 aliphatic rings. The van der Waals surface area contributed by atoms with E-state index in [1.807, 2.05) is 0 Å². The van der Waals surface area contributed by atoms with Crippen LogP contribution in [0.5, 0.6) is 0 Å². The summed E-state index contributed by atoms with van der Waals surface area (Å²) in [7, 11) is 0. The Bertz CT molecular complexity index is 737. The minimum absolute atomic E-state index is 0.00270. The smallest absolute Gasteiger partial charge is 0.236 e. The van der Waals surface area contributed by atoms with E-state index >= 15 is 0 Å². The summed E-state index contributed by atoms with van der Waals surface area (Å²) in [6.45, 7) is 0.750. The van der Waals surface area contributed by atoms with E-state index in [0.717, 1.165) is 49.3 Å². The quantitative estimate of drug-likeness (QED) is 0.918. The lowest BCUT2D eigenvalue weighted by molar-refractivity contribution is -0.124. The van der Waals surface area contributed by atoms with Gasteiger partial charge in [0.05, 0.1) is 5.41 Å². The average molecular weight is 347 g/mol. The normalized spacial score (nSPS) is 22.1. The second kappa shape index (κ2) is 6.22. The molecule has 7 heteroatoms. The highest BCUT2D eigenvalue weighted by molar-refractivity contribution is 7.15. The molecule has 1 saturated carbocycles. The highest BCUT2D eigenvalue weighted by atomic mass is 32.1. The molecule has 1 aromatic carbocycles. The van der Waals surface area contributed by atoms with Gasteiger partial charge in [-0.1, -0.05) is 29.9 Å². The van der Waals surface area contributed by atoms with Gasteiger partial charge in [-0.2, -0.15) is 0 Å². The average Bonchev–Trinajstić information content (AvgIpc) is 3.19. The number of aromatic nitrogens is 2. The number of anilines is 1. The lowest BCUT2D eigenvalue weighted by atomic mass is 9.64. The molecule has 2 heterocycles. The largest absolute Gasteiger partial charge is 0.371 e. The van der Waals surface area contributed by atoms with Crippen molar-refractivity contribution in [1.29, 1.82) is 0 Å². The van der Waals surface area contributed by atoms with Gasteiger partial charge in [0.15, 0.2) is 0 Å². The molecule has 1 N–H and O–H groups in total. The molecule has 0 spiro atoms. The number of hydrogen-bond acceptors (Lipinski definition) is 5. The summed E-state index contributed by atoms with van der Waals surface area (Å²) in [4.78, 5) is 12.8. The van der Waals surface area contributed by atoms with Gasteiger partial charge in [0.2, 0.25) is 11.0 Å². The second-order valence-electron chi connectivity index (χ2n) is 6.34. The summed E-state index contributed by atoms with van der Waals surface area (Å²) in [6, 6.07) is 6.21. The first-order chi connectivity index (χ1) is 11.7. The van der Waals surface area contributed by atoms with Gasteiger partial charge in [-0.25, -0.2) is 4.39 Å². The van der Waals surface area contributed by atoms with Crippen LogP contribution in [0.2, 0.25) is 0 Å². The Hall–Kier alpha value is -1.86. The van der Waals surface area contributed by atoms with Gasteiger partial charge in [0, 0.05) is 6.61 Å². The van der Waals surface area contributed by atoms with Gasteiger partial charge in [0.1, 0.15) is 16.9 Å². The molecule has 1 atom stereocenters. The standard InChI is InChI=1S/C17H18FN3O2S/c18-12-6-4-11(5-7-12)17(8-2-9-17)15(22)19-16-21-20-14(24-16)13-3-1-10-23-13/h4-7,13H,1-3,8-10H2,(H,19,21,22). The van der Waals surface area contributed by atoms with Crippen molar-refractivity contribution in [2.24, 2.45) is 0 Å². The highest BCUT2D eigenvalue weighted by Crippen LogP contribution is 2.45. The first-order valence-electron chi connectivity index (χ1n) is 8.20. The number of amides is 1. The molecule has 1 aliphatic carbocycles. The van der Waals surface area contributed by atoms with Crippen LogP contribution < -0.4 is 5.32 Å². The summed E-state index contributed by atoms with van der Waals surface area (Å²) in [5, 5.41) is 12.4. The van der Waals surface area contributed by atoms with Crippen LogP contribution in [-0.4, -0.2) is 22.7 Å². The molecule has 1 aliphatic heterocycles. The first-order valence-corrected chi connectivity index (χ1v) is 9.01. The van der Waals surface area contributed by atoms with Crippen LogP contribution in [0, 0.1) is 5.82 Å². The van der Waals surface area contributed by atoms with Gasteiger partial charge >= 0.3 is 0 Å². The minimum Gasteiger partial charge on any atom is -0.371 e. The third-order valence-electron chi connectivity index (χ3n) is 4.90. The summed E-state index contributed by atoms with van der Waals surface area (Å²) in [5.41, 5.74) is 0.278. The van der Waals surface area contributed by atoms with Crippen LogP contribution in [0.15, 0.2) is 24.3 Å². The first kappa shape index (κ1) is 15.7. The number of rotatable bonds is 4. The molecule has 5 nitrogen and oxygen atoms in total. The molecular formula is C17H18FN3O2S. The third kappa shape index (κ3) is 2.71. The predicted octanol–water partition coefficient (Wildman–Crippen LogP) is 3.59. The van der Waals surface area contributed by atoms with Gasteiger partial charge in [0.25, 0.3) is 0 Å². The second-order valence-corrected chi connectivity index (χ2v) is 7.35. The van der Waals surface area contributed by atoms with Gasteiger partial charge in [-0.15, -0.1) is 10.2 Å². The lowest BCUT2D eigenvalue weighted by Crippen LogP contribution is -2.46. The van der Waals surface area contributed by atoms with Crippen molar-refractivity contribution in [3.63, 3.8) is 0 Å². The zero-order valence-electron chi connectivity index (χ0n) is 13.1. The molecule has 1 unspecified atom stereocenters. The molecule has 1 amide bonds. The van der Waals surface area contributed by atoms with Crippen LogP contribution in [0.25, 0.3) is 0 Å². The summed E-state index contributed by atoms with van der Waals surface area (Å²) < 4.78 is 18.8.